The molecule has 0 aliphatic carbocycles. The van der Waals surface area contributed by atoms with Gasteiger partial charge in [-0.3, -0.25) is 9.59 Å². The van der Waals surface area contributed by atoms with Crippen LogP contribution in [-0.4, -0.2) is 51.6 Å². The summed E-state index contributed by atoms with van der Waals surface area (Å²) < 4.78 is 15.5. The molecular weight excluding hydrogens is 336 g/mol. The van der Waals surface area contributed by atoms with E-state index >= 15 is 0 Å². The molecule has 0 atom stereocenters. The molecule has 7 nitrogen and oxygen atoms in total. The average molecular weight is 358 g/mol. The number of hydrogen-bond donors (Lipinski definition) is 1. The number of nitrogens with one attached hydrogen (secondary N) is 1. The molecule has 138 valence electrons. The third kappa shape index (κ3) is 4.89. The number of benzene rings is 2. The number of carbonyl (C=O) groups excluding carboxylic acids is 2. The van der Waals surface area contributed by atoms with Crippen LogP contribution < -0.4 is 19.5 Å². The molecule has 0 aliphatic heterocycles. The molecule has 2 amide bonds. The molecule has 2 aromatic carbocycles. The highest BCUT2D eigenvalue weighted by atomic mass is 16.5. The Bertz CT molecular complexity index is 769. The van der Waals surface area contributed by atoms with Crippen molar-refractivity contribution in [2.24, 2.45) is 0 Å². The number of methoxy groups -OCH3 is 3. The first kappa shape index (κ1) is 19.1. The lowest BCUT2D eigenvalue weighted by Gasteiger charge is -2.18. The standard InChI is InChI=1S/C19H22N2O5/c1-21(12-18(22)20-14-6-5-7-15(10-14)24-2)19(23)13-8-16(25-3)11-17(9-13)26-4/h5-11H,12H2,1-4H3,(H,20,22). The van der Waals surface area contributed by atoms with Gasteiger partial charge in [0.2, 0.25) is 5.91 Å². The minimum absolute atomic E-state index is 0.102. The van der Waals surface area contributed by atoms with Gasteiger partial charge in [0.05, 0.1) is 27.9 Å². The fourth-order valence-corrected chi connectivity index (χ4v) is 2.34. The van der Waals surface area contributed by atoms with Crippen LogP contribution in [0.5, 0.6) is 17.2 Å². The van der Waals surface area contributed by atoms with Crippen LogP contribution in [0.3, 0.4) is 0 Å². The van der Waals surface area contributed by atoms with E-state index in [1.165, 1.54) is 19.1 Å². The summed E-state index contributed by atoms with van der Waals surface area (Å²) in [5.74, 6) is 1.01. The van der Waals surface area contributed by atoms with Crippen LogP contribution in [0.2, 0.25) is 0 Å². The summed E-state index contributed by atoms with van der Waals surface area (Å²) in [5, 5.41) is 2.74. The van der Waals surface area contributed by atoms with Crippen molar-refractivity contribution in [2.75, 3.05) is 40.2 Å². The molecule has 0 spiro atoms. The van der Waals surface area contributed by atoms with E-state index in [1.54, 1.807) is 56.6 Å². The van der Waals surface area contributed by atoms with Crippen molar-refractivity contribution in [3.8, 4) is 17.2 Å². The third-order valence-electron chi connectivity index (χ3n) is 3.68. The van der Waals surface area contributed by atoms with Gasteiger partial charge >= 0.3 is 0 Å². The number of likely N-dealkylation sites (N-methyl/N-ethyl adjacent to an activating group) is 1. The maximum absolute atomic E-state index is 12.6. The Hall–Kier alpha value is -3.22. The summed E-state index contributed by atoms with van der Waals surface area (Å²) in [5.41, 5.74) is 0.969. The molecule has 7 heteroatoms. The molecule has 0 aliphatic rings. The molecule has 0 unspecified atom stereocenters. The van der Waals surface area contributed by atoms with E-state index < -0.39 is 0 Å². The lowest BCUT2D eigenvalue weighted by Crippen LogP contribution is -2.34. The van der Waals surface area contributed by atoms with E-state index in [-0.39, 0.29) is 18.4 Å². The zero-order chi connectivity index (χ0) is 19.1. The second kappa shape index (κ2) is 8.75. The Balaban J connectivity index is 2.05. The predicted molar refractivity (Wildman–Crippen MR) is 98.1 cm³/mol. The van der Waals surface area contributed by atoms with Crippen molar-refractivity contribution in [2.45, 2.75) is 0 Å². The van der Waals surface area contributed by atoms with Gasteiger partial charge in [-0.25, -0.2) is 0 Å². The van der Waals surface area contributed by atoms with Gasteiger partial charge in [0, 0.05) is 30.4 Å². The highest BCUT2D eigenvalue weighted by Gasteiger charge is 2.17. The van der Waals surface area contributed by atoms with Gasteiger partial charge in [-0.2, -0.15) is 0 Å². The quantitative estimate of drug-likeness (QED) is 0.823. The molecule has 2 rings (SSSR count). The smallest absolute Gasteiger partial charge is 0.254 e. The SMILES string of the molecule is COc1cccc(NC(=O)CN(C)C(=O)c2cc(OC)cc(OC)c2)c1. The summed E-state index contributed by atoms with van der Waals surface area (Å²) in [7, 11) is 6.12. The van der Waals surface area contributed by atoms with E-state index in [4.69, 9.17) is 14.2 Å². The van der Waals surface area contributed by atoms with Gasteiger partial charge in [0.15, 0.2) is 0 Å². The summed E-state index contributed by atoms with van der Waals surface area (Å²) in [6.45, 7) is -0.102. The summed E-state index contributed by atoms with van der Waals surface area (Å²) >= 11 is 0. The largest absolute Gasteiger partial charge is 0.497 e. The van der Waals surface area contributed by atoms with Crippen molar-refractivity contribution in [3.63, 3.8) is 0 Å². The molecule has 1 N–H and O–H groups in total. The first-order valence-corrected chi connectivity index (χ1v) is 7.89. The van der Waals surface area contributed by atoms with Gasteiger partial charge in [-0.15, -0.1) is 0 Å². The van der Waals surface area contributed by atoms with Crippen molar-refractivity contribution >= 4 is 17.5 Å². The van der Waals surface area contributed by atoms with Crippen molar-refractivity contribution in [3.05, 3.63) is 48.0 Å². The lowest BCUT2D eigenvalue weighted by molar-refractivity contribution is -0.116. The Morgan fingerprint density at radius 1 is 0.923 bits per heavy atom. The van der Waals surface area contributed by atoms with Gasteiger partial charge < -0.3 is 24.4 Å². The number of anilines is 1. The van der Waals surface area contributed by atoms with Crippen LogP contribution in [0.4, 0.5) is 5.69 Å². The minimum atomic E-state index is -0.317. The van der Waals surface area contributed by atoms with E-state index in [0.29, 0.717) is 28.5 Å². The van der Waals surface area contributed by atoms with E-state index in [2.05, 4.69) is 5.32 Å². The fraction of sp³-hybridized carbons (Fsp3) is 0.263. The second-order valence-corrected chi connectivity index (χ2v) is 5.54. The number of nitrogens with zero attached hydrogens (tertiary/aromatic N) is 1. The zero-order valence-electron chi connectivity index (χ0n) is 15.2. The molecule has 26 heavy (non-hydrogen) atoms. The average Bonchev–Trinajstić information content (AvgIpc) is 2.66. The third-order valence-corrected chi connectivity index (χ3v) is 3.68. The highest BCUT2D eigenvalue weighted by molar-refractivity contribution is 5.99. The first-order chi connectivity index (χ1) is 12.5. The van der Waals surface area contributed by atoms with E-state index in [0.717, 1.165) is 0 Å². The first-order valence-electron chi connectivity index (χ1n) is 7.89. The Morgan fingerprint density at radius 2 is 1.54 bits per heavy atom. The monoisotopic (exact) mass is 358 g/mol. The number of ether oxygens (including phenoxy) is 3. The Kier molecular flexibility index (Phi) is 6.43. The molecule has 2 aromatic rings. The van der Waals surface area contributed by atoms with Crippen molar-refractivity contribution in [1.82, 2.24) is 4.90 Å². The predicted octanol–water partition coefficient (Wildman–Crippen LogP) is 2.42. The lowest BCUT2D eigenvalue weighted by atomic mass is 10.1. The molecule has 0 bridgehead atoms. The number of rotatable bonds is 7. The maximum atomic E-state index is 12.6. The normalized spacial score (nSPS) is 10.0. The molecule has 0 saturated carbocycles. The number of carbonyl (C=O) groups is 2. The molecule has 0 radical (unpaired) electrons. The Morgan fingerprint density at radius 3 is 2.12 bits per heavy atom. The molecule has 0 heterocycles. The van der Waals surface area contributed by atoms with Crippen LogP contribution in [0.1, 0.15) is 10.4 Å². The van der Waals surface area contributed by atoms with Gasteiger partial charge in [-0.1, -0.05) is 6.07 Å². The molecule has 0 aromatic heterocycles. The molecule has 0 fully saturated rings. The van der Waals surface area contributed by atoms with Crippen LogP contribution in [-0.2, 0) is 4.79 Å². The van der Waals surface area contributed by atoms with E-state index in [1.807, 2.05) is 0 Å². The number of hydrogen-bond acceptors (Lipinski definition) is 5. The van der Waals surface area contributed by atoms with Crippen molar-refractivity contribution < 1.29 is 23.8 Å². The number of amides is 2. The van der Waals surface area contributed by atoms with E-state index in [9.17, 15) is 9.59 Å². The maximum Gasteiger partial charge on any atom is 0.254 e. The summed E-state index contributed by atoms with van der Waals surface area (Å²) in [6, 6.07) is 11.9. The van der Waals surface area contributed by atoms with Crippen LogP contribution >= 0.6 is 0 Å². The van der Waals surface area contributed by atoms with Gasteiger partial charge in [-0.05, 0) is 24.3 Å². The zero-order valence-corrected chi connectivity index (χ0v) is 15.2. The van der Waals surface area contributed by atoms with Crippen LogP contribution in [0, 0.1) is 0 Å². The summed E-state index contributed by atoms with van der Waals surface area (Å²) in [4.78, 5) is 26.1. The highest BCUT2D eigenvalue weighted by Crippen LogP contribution is 2.23. The van der Waals surface area contributed by atoms with Crippen LogP contribution in [0.15, 0.2) is 42.5 Å². The van der Waals surface area contributed by atoms with Gasteiger partial charge in [0.25, 0.3) is 5.91 Å². The van der Waals surface area contributed by atoms with Gasteiger partial charge in [0.1, 0.15) is 17.2 Å². The van der Waals surface area contributed by atoms with Crippen molar-refractivity contribution in [1.29, 1.82) is 0 Å². The summed E-state index contributed by atoms with van der Waals surface area (Å²) in [6.07, 6.45) is 0. The topological polar surface area (TPSA) is 77.1 Å². The second-order valence-electron chi connectivity index (χ2n) is 5.54. The molecular formula is C19H22N2O5. The van der Waals surface area contributed by atoms with Crippen LogP contribution in [0.25, 0.3) is 0 Å². The minimum Gasteiger partial charge on any atom is -0.497 e. The Labute approximate surface area is 152 Å². The fourth-order valence-electron chi connectivity index (χ4n) is 2.34. The molecule has 0 saturated heterocycles.